The van der Waals surface area contributed by atoms with Crippen molar-refractivity contribution in [2.24, 2.45) is 0 Å². The molecule has 0 saturated heterocycles. The molecule has 0 aliphatic heterocycles. The van der Waals surface area contributed by atoms with Crippen LogP contribution in [-0.4, -0.2) is 44.0 Å². The van der Waals surface area contributed by atoms with E-state index in [0.29, 0.717) is 19.4 Å². The summed E-state index contributed by atoms with van der Waals surface area (Å²) >= 11 is 0. The number of hydrogen-bond acceptors (Lipinski definition) is 4. The fourth-order valence-electron chi connectivity index (χ4n) is 2.64. The summed E-state index contributed by atoms with van der Waals surface area (Å²) in [4.78, 5) is 25.9. The maximum absolute atomic E-state index is 12.2. The fraction of sp³-hybridized carbons (Fsp3) is 0.364. The summed E-state index contributed by atoms with van der Waals surface area (Å²) in [5, 5.41) is 2.87. The van der Waals surface area contributed by atoms with E-state index in [-0.39, 0.29) is 18.4 Å². The lowest BCUT2D eigenvalue weighted by Crippen LogP contribution is -2.35. The third-order valence-electron chi connectivity index (χ3n) is 4.34. The molecule has 2 aromatic carbocycles. The van der Waals surface area contributed by atoms with Crippen molar-refractivity contribution in [1.82, 2.24) is 4.90 Å². The molecule has 0 heterocycles. The Balaban J connectivity index is 1.71. The summed E-state index contributed by atoms with van der Waals surface area (Å²) in [5.74, 6) is 1.20. The Bertz CT molecular complexity index is 803. The number of methoxy groups -OCH3 is 1. The highest BCUT2D eigenvalue weighted by Crippen LogP contribution is 2.18. The van der Waals surface area contributed by atoms with E-state index in [1.54, 1.807) is 14.2 Å². The van der Waals surface area contributed by atoms with Gasteiger partial charge in [0.1, 0.15) is 11.5 Å². The van der Waals surface area contributed by atoms with Crippen LogP contribution in [0.5, 0.6) is 11.5 Å². The molecule has 0 atom stereocenters. The molecule has 0 saturated carbocycles. The van der Waals surface area contributed by atoms with E-state index in [1.807, 2.05) is 56.3 Å². The Labute approximate surface area is 166 Å². The predicted octanol–water partition coefficient (Wildman–Crippen LogP) is 3.57. The first-order valence-electron chi connectivity index (χ1n) is 9.27. The van der Waals surface area contributed by atoms with Crippen molar-refractivity contribution in [3.8, 4) is 11.5 Å². The molecule has 0 unspecified atom stereocenters. The number of carbonyl (C=O) groups excluding carboxylic acids is 2. The number of likely N-dealkylation sites (N-methyl/N-ethyl adjacent to an activating group) is 1. The average Bonchev–Trinajstić information content (AvgIpc) is 2.68. The van der Waals surface area contributed by atoms with E-state index in [9.17, 15) is 9.59 Å². The van der Waals surface area contributed by atoms with E-state index in [4.69, 9.17) is 9.47 Å². The highest BCUT2D eigenvalue weighted by atomic mass is 16.5. The molecule has 0 radical (unpaired) electrons. The number of ether oxygens (including phenoxy) is 2. The van der Waals surface area contributed by atoms with Gasteiger partial charge in [0.15, 0.2) is 0 Å². The van der Waals surface area contributed by atoms with Gasteiger partial charge in [0.2, 0.25) is 11.8 Å². The zero-order chi connectivity index (χ0) is 20.5. The molecule has 2 aromatic rings. The Kier molecular flexibility index (Phi) is 7.87. The second-order valence-electron chi connectivity index (χ2n) is 6.74. The molecule has 6 nitrogen and oxygen atoms in total. The fourth-order valence-corrected chi connectivity index (χ4v) is 2.64. The number of hydrogen-bond donors (Lipinski definition) is 1. The quantitative estimate of drug-likeness (QED) is 0.671. The standard InChI is InChI=1S/C22H28N2O4/c1-16-7-8-17(2)20(14-16)23-21(25)15-24(3)22(26)6-5-13-28-19-11-9-18(27-4)10-12-19/h7-12,14H,5-6,13,15H2,1-4H3,(H,23,25). The molecule has 2 amide bonds. The molecular weight excluding hydrogens is 356 g/mol. The monoisotopic (exact) mass is 384 g/mol. The van der Waals surface area contributed by atoms with Crippen LogP contribution in [0.1, 0.15) is 24.0 Å². The number of anilines is 1. The Morgan fingerprint density at radius 2 is 1.71 bits per heavy atom. The number of nitrogens with one attached hydrogen (secondary N) is 1. The summed E-state index contributed by atoms with van der Waals surface area (Å²) in [5.41, 5.74) is 2.84. The average molecular weight is 384 g/mol. The van der Waals surface area contributed by atoms with Crippen LogP contribution in [0, 0.1) is 13.8 Å². The van der Waals surface area contributed by atoms with E-state index < -0.39 is 0 Å². The number of benzene rings is 2. The first kappa shape index (κ1) is 21.3. The van der Waals surface area contributed by atoms with Gasteiger partial charge in [-0.2, -0.15) is 0 Å². The first-order chi connectivity index (χ1) is 13.4. The van der Waals surface area contributed by atoms with Gasteiger partial charge in [-0.05, 0) is 61.7 Å². The van der Waals surface area contributed by atoms with Crippen LogP contribution in [0.15, 0.2) is 42.5 Å². The van der Waals surface area contributed by atoms with Crippen LogP contribution >= 0.6 is 0 Å². The van der Waals surface area contributed by atoms with Gasteiger partial charge >= 0.3 is 0 Å². The Morgan fingerprint density at radius 1 is 1.04 bits per heavy atom. The van der Waals surface area contributed by atoms with Crippen LogP contribution in [0.2, 0.25) is 0 Å². The van der Waals surface area contributed by atoms with Crippen molar-refractivity contribution in [3.63, 3.8) is 0 Å². The van der Waals surface area contributed by atoms with Crippen molar-refractivity contribution in [2.75, 3.05) is 32.6 Å². The summed E-state index contributed by atoms with van der Waals surface area (Å²) in [6, 6.07) is 13.2. The highest BCUT2D eigenvalue weighted by molar-refractivity contribution is 5.95. The Hall–Kier alpha value is -3.02. The summed E-state index contributed by atoms with van der Waals surface area (Å²) in [6.07, 6.45) is 0.900. The molecule has 0 spiro atoms. The van der Waals surface area contributed by atoms with Crippen molar-refractivity contribution in [2.45, 2.75) is 26.7 Å². The summed E-state index contributed by atoms with van der Waals surface area (Å²) in [7, 11) is 3.25. The van der Waals surface area contributed by atoms with E-state index in [0.717, 1.165) is 28.3 Å². The second-order valence-corrected chi connectivity index (χ2v) is 6.74. The van der Waals surface area contributed by atoms with Crippen molar-refractivity contribution in [1.29, 1.82) is 0 Å². The summed E-state index contributed by atoms with van der Waals surface area (Å²) < 4.78 is 10.7. The normalized spacial score (nSPS) is 10.3. The van der Waals surface area contributed by atoms with E-state index >= 15 is 0 Å². The molecular formula is C22H28N2O4. The maximum atomic E-state index is 12.2. The van der Waals surface area contributed by atoms with Crippen LogP contribution in [0.4, 0.5) is 5.69 Å². The summed E-state index contributed by atoms with van der Waals surface area (Å²) in [6.45, 7) is 4.36. The van der Waals surface area contributed by atoms with Gasteiger partial charge < -0.3 is 19.7 Å². The minimum absolute atomic E-state index is 0.0194. The third-order valence-corrected chi connectivity index (χ3v) is 4.34. The minimum Gasteiger partial charge on any atom is -0.497 e. The molecule has 2 rings (SSSR count). The smallest absolute Gasteiger partial charge is 0.243 e. The van der Waals surface area contributed by atoms with Gasteiger partial charge in [-0.3, -0.25) is 9.59 Å². The number of aryl methyl sites for hydroxylation is 2. The van der Waals surface area contributed by atoms with Gasteiger partial charge in [0.05, 0.1) is 20.3 Å². The van der Waals surface area contributed by atoms with Crippen LogP contribution < -0.4 is 14.8 Å². The van der Waals surface area contributed by atoms with Crippen LogP contribution in [0.25, 0.3) is 0 Å². The molecule has 1 N–H and O–H groups in total. The lowest BCUT2D eigenvalue weighted by molar-refractivity contribution is -0.133. The Morgan fingerprint density at radius 3 is 2.39 bits per heavy atom. The molecule has 0 aliphatic rings. The maximum Gasteiger partial charge on any atom is 0.243 e. The van der Waals surface area contributed by atoms with Gasteiger partial charge in [-0.1, -0.05) is 12.1 Å². The number of carbonyl (C=O) groups is 2. The topological polar surface area (TPSA) is 67.9 Å². The van der Waals surface area contributed by atoms with Crippen molar-refractivity contribution >= 4 is 17.5 Å². The number of nitrogens with zero attached hydrogens (tertiary/aromatic N) is 1. The zero-order valence-corrected chi connectivity index (χ0v) is 17.0. The van der Waals surface area contributed by atoms with Gasteiger partial charge in [-0.25, -0.2) is 0 Å². The van der Waals surface area contributed by atoms with E-state index in [1.165, 1.54) is 4.90 Å². The predicted molar refractivity (Wildman–Crippen MR) is 110 cm³/mol. The molecule has 150 valence electrons. The molecule has 0 bridgehead atoms. The van der Waals surface area contributed by atoms with E-state index in [2.05, 4.69) is 5.32 Å². The van der Waals surface area contributed by atoms with Gasteiger partial charge in [0, 0.05) is 19.2 Å². The molecule has 0 aromatic heterocycles. The lowest BCUT2D eigenvalue weighted by atomic mass is 10.1. The van der Waals surface area contributed by atoms with Gasteiger partial charge in [-0.15, -0.1) is 0 Å². The van der Waals surface area contributed by atoms with Crippen LogP contribution in [0.3, 0.4) is 0 Å². The number of rotatable bonds is 9. The third kappa shape index (κ3) is 6.61. The van der Waals surface area contributed by atoms with Crippen molar-refractivity contribution in [3.05, 3.63) is 53.6 Å². The minimum atomic E-state index is -0.209. The molecule has 28 heavy (non-hydrogen) atoms. The molecule has 0 fully saturated rings. The van der Waals surface area contributed by atoms with Crippen molar-refractivity contribution < 1.29 is 19.1 Å². The molecule has 6 heteroatoms. The largest absolute Gasteiger partial charge is 0.497 e. The lowest BCUT2D eigenvalue weighted by Gasteiger charge is -2.17. The SMILES string of the molecule is COc1ccc(OCCCC(=O)N(C)CC(=O)Nc2cc(C)ccc2C)cc1. The van der Waals surface area contributed by atoms with Crippen LogP contribution in [-0.2, 0) is 9.59 Å². The highest BCUT2D eigenvalue weighted by Gasteiger charge is 2.13. The zero-order valence-electron chi connectivity index (χ0n) is 17.0. The second kappa shape index (κ2) is 10.3. The first-order valence-corrected chi connectivity index (χ1v) is 9.27. The van der Waals surface area contributed by atoms with Gasteiger partial charge in [0.25, 0.3) is 0 Å². The molecule has 0 aliphatic carbocycles. The number of amides is 2.